The van der Waals surface area contributed by atoms with E-state index in [1.807, 2.05) is 0 Å². The van der Waals surface area contributed by atoms with Crippen LogP contribution in [0.2, 0.25) is 0 Å². The summed E-state index contributed by atoms with van der Waals surface area (Å²) in [5.74, 6) is -2.86. The Hall–Kier alpha value is -2.70. The Bertz CT molecular complexity index is 539. The molecule has 0 aromatic heterocycles. The first kappa shape index (κ1) is 14.4. The molecule has 0 aliphatic carbocycles. The standard InChI is InChI=1S/C12H12N2O5/c1-7(15)19-10(16)6-14-12(18)9-4-2-3-8(5-9)11(13)17/h2-5H,6H2,1H3,(H2,13,17)(H,14,18). The number of hydrogen-bond acceptors (Lipinski definition) is 5. The smallest absolute Gasteiger partial charge is 0.333 e. The number of hydrogen-bond donors (Lipinski definition) is 2. The molecule has 1 rings (SSSR count). The van der Waals surface area contributed by atoms with Crippen molar-refractivity contribution >= 4 is 23.8 Å². The highest BCUT2D eigenvalue weighted by atomic mass is 16.6. The molecule has 0 saturated carbocycles. The van der Waals surface area contributed by atoms with Gasteiger partial charge in [0.05, 0.1) is 0 Å². The van der Waals surface area contributed by atoms with Gasteiger partial charge < -0.3 is 15.8 Å². The molecule has 2 amide bonds. The van der Waals surface area contributed by atoms with Crippen LogP contribution in [0.1, 0.15) is 27.6 Å². The molecule has 3 N–H and O–H groups in total. The molecule has 7 heteroatoms. The molecule has 100 valence electrons. The normalized spacial score (nSPS) is 9.53. The van der Waals surface area contributed by atoms with Crippen LogP contribution in [0.25, 0.3) is 0 Å². The highest BCUT2D eigenvalue weighted by molar-refractivity contribution is 6.00. The number of nitrogens with one attached hydrogen (secondary N) is 1. The monoisotopic (exact) mass is 264 g/mol. The molecule has 7 nitrogen and oxygen atoms in total. The van der Waals surface area contributed by atoms with Crippen molar-refractivity contribution in [3.63, 3.8) is 0 Å². The lowest BCUT2D eigenvalue weighted by Gasteiger charge is -2.05. The van der Waals surface area contributed by atoms with Crippen molar-refractivity contribution in [2.75, 3.05) is 6.54 Å². The third kappa shape index (κ3) is 4.58. The van der Waals surface area contributed by atoms with Crippen LogP contribution in [0.3, 0.4) is 0 Å². The Kier molecular flexibility index (Phi) is 4.76. The quantitative estimate of drug-likeness (QED) is 0.567. The molecule has 0 heterocycles. The average molecular weight is 264 g/mol. The first-order valence-corrected chi connectivity index (χ1v) is 5.29. The lowest BCUT2D eigenvalue weighted by atomic mass is 10.1. The minimum atomic E-state index is -0.869. The number of carbonyl (C=O) groups is 4. The van der Waals surface area contributed by atoms with Crippen molar-refractivity contribution in [2.24, 2.45) is 5.73 Å². The SMILES string of the molecule is CC(=O)OC(=O)CNC(=O)c1cccc(C(N)=O)c1. The molecule has 0 bridgehead atoms. The zero-order valence-electron chi connectivity index (χ0n) is 10.1. The van der Waals surface area contributed by atoms with E-state index < -0.39 is 30.3 Å². The van der Waals surface area contributed by atoms with Gasteiger partial charge in [-0.3, -0.25) is 14.4 Å². The van der Waals surface area contributed by atoms with Crippen LogP contribution < -0.4 is 11.1 Å². The molecule has 1 aromatic rings. The van der Waals surface area contributed by atoms with E-state index >= 15 is 0 Å². The van der Waals surface area contributed by atoms with Gasteiger partial charge in [-0.2, -0.15) is 0 Å². The summed E-state index contributed by atoms with van der Waals surface area (Å²) < 4.78 is 4.23. The minimum absolute atomic E-state index is 0.173. The van der Waals surface area contributed by atoms with Crippen molar-refractivity contribution < 1.29 is 23.9 Å². The third-order valence-corrected chi connectivity index (χ3v) is 2.06. The van der Waals surface area contributed by atoms with E-state index in [9.17, 15) is 19.2 Å². The van der Waals surface area contributed by atoms with Gasteiger partial charge in [-0.1, -0.05) is 6.07 Å². The summed E-state index contributed by atoms with van der Waals surface area (Å²) in [4.78, 5) is 44.1. The molecule has 1 aromatic carbocycles. The topological polar surface area (TPSA) is 116 Å². The van der Waals surface area contributed by atoms with E-state index in [1.165, 1.54) is 24.3 Å². The van der Waals surface area contributed by atoms with Crippen LogP contribution in [0.15, 0.2) is 24.3 Å². The van der Waals surface area contributed by atoms with Gasteiger partial charge in [-0.05, 0) is 18.2 Å². The zero-order valence-corrected chi connectivity index (χ0v) is 10.1. The van der Waals surface area contributed by atoms with E-state index in [1.54, 1.807) is 0 Å². The molecule has 0 spiro atoms. The van der Waals surface area contributed by atoms with Crippen molar-refractivity contribution in [3.05, 3.63) is 35.4 Å². The lowest BCUT2D eigenvalue weighted by molar-refractivity contribution is -0.157. The van der Waals surface area contributed by atoms with Gasteiger partial charge in [0, 0.05) is 18.1 Å². The molecule has 19 heavy (non-hydrogen) atoms. The van der Waals surface area contributed by atoms with Crippen LogP contribution in [-0.4, -0.2) is 30.3 Å². The molecule has 0 saturated heterocycles. The molecule has 0 aliphatic heterocycles. The van der Waals surface area contributed by atoms with Gasteiger partial charge in [0.1, 0.15) is 6.54 Å². The van der Waals surface area contributed by atoms with E-state index in [0.717, 1.165) is 6.92 Å². The van der Waals surface area contributed by atoms with Gasteiger partial charge in [-0.25, -0.2) is 4.79 Å². The Morgan fingerprint density at radius 2 is 1.84 bits per heavy atom. The summed E-state index contributed by atoms with van der Waals surface area (Å²) in [5.41, 5.74) is 5.43. The van der Waals surface area contributed by atoms with Crippen LogP contribution in [0, 0.1) is 0 Å². The Morgan fingerprint density at radius 3 is 2.42 bits per heavy atom. The summed E-state index contributed by atoms with van der Waals surface area (Å²) >= 11 is 0. The van der Waals surface area contributed by atoms with Gasteiger partial charge >= 0.3 is 11.9 Å². The summed E-state index contributed by atoms with van der Waals surface area (Å²) in [6.07, 6.45) is 0. The second-order valence-corrected chi connectivity index (χ2v) is 3.59. The second-order valence-electron chi connectivity index (χ2n) is 3.59. The highest BCUT2D eigenvalue weighted by Crippen LogP contribution is 2.04. The van der Waals surface area contributed by atoms with Gasteiger partial charge in [0.2, 0.25) is 5.91 Å². The highest BCUT2D eigenvalue weighted by Gasteiger charge is 2.11. The Labute approximate surface area is 108 Å². The van der Waals surface area contributed by atoms with Crippen LogP contribution >= 0.6 is 0 Å². The largest absolute Gasteiger partial charge is 0.392 e. The Morgan fingerprint density at radius 1 is 1.21 bits per heavy atom. The predicted molar refractivity (Wildman–Crippen MR) is 64.1 cm³/mol. The maximum absolute atomic E-state index is 11.7. The number of rotatable bonds is 4. The molecular weight excluding hydrogens is 252 g/mol. The lowest BCUT2D eigenvalue weighted by Crippen LogP contribution is -2.31. The first-order chi connectivity index (χ1) is 8.90. The van der Waals surface area contributed by atoms with Crippen molar-refractivity contribution in [1.82, 2.24) is 5.32 Å². The van der Waals surface area contributed by atoms with Crippen molar-refractivity contribution in [1.29, 1.82) is 0 Å². The minimum Gasteiger partial charge on any atom is -0.392 e. The van der Waals surface area contributed by atoms with Gasteiger partial charge in [0.15, 0.2) is 0 Å². The average Bonchev–Trinajstić information content (AvgIpc) is 2.35. The van der Waals surface area contributed by atoms with Crippen LogP contribution in [0.4, 0.5) is 0 Å². The van der Waals surface area contributed by atoms with Crippen molar-refractivity contribution in [2.45, 2.75) is 6.92 Å². The van der Waals surface area contributed by atoms with E-state index in [0.29, 0.717) is 0 Å². The third-order valence-electron chi connectivity index (χ3n) is 2.06. The maximum atomic E-state index is 11.7. The van der Waals surface area contributed by atoms with Crippen LogP contribution in [-0.2, 0) is 14.3 Å². The van der Waals surface area contributed by atoms with E-state index in [-0.39, 0.29) is 11.1 Å². The second kappa shape index (κ2) is 6.29. The number of nitrogens with two attached hydrogens (primary N) is 1. The van der Waals surface area contributed by atoms with Gasteiger partial charge in [0.25, 0.3) is 5.91 Å². The summed E-state index contributed by atoms with van der Waals surface area (Å²) in [6.45, 7) is 0.634. The summed E-state index contributed by atoms with van der Waals surface area (Å²) in [5, 5.41) is 2.25. The van der Waals surface area contributed by atoms with Gasteiger partial charge in [-0.15, -0.1) is 0 Å². The molecular formula is C12H12N2O5. The fourth-order valence-electron chi connectivity index (χ4n) is 1.26. The first-order valence-electron chi connectivity index (χ1n) is 5.29. The number of amides is 2. The fraction of sp³-hybridized carbons (Fsp3) is 0.167. The zero-order chi connectivity index (χ0) is 14.4. The molecule has 0 radical (unpaired) electrons. The van der Waals surface area contributed by atoms with E-state index in [4.69, 9.17) is 5.73 Å². The van der Waals surface area contributed by atoms with E-state index in [2.05, 4.69) is 10.1 Å². The molecule has 0 unspecified atom stereocenters. The molecule has 0 atom stereocenters. The summed E-state index contributed by atoms with van der Waals surface area (Å²) in [6, 6.07) is 5.71. The maximum Gasteiger partial charge on any atom is 0.333 e. The number of carbonyl (C=O) groups excluding carboxylic acids is 4. The molecule has 0 aliphatic rings. The number of ether oxygens (including phenoxy) is 1. The molecule has 0 fully saturated rings. The van der Waals surface area contributed by atoms with Crippen molar-refractivity contribution in [3.8, 4) is 0 Å². The number of esters is 2. The Balaban J connectivity index is 2.63. The summed E-state index contributed by atoms with van der Waals surface area (Å²) in [7, 11) is 0. The number of primary amides is 1. The fourth-order valence-corrected chi connectivity index (χ4v) is 1.26. The predicted octanol–water partition coefficient (Wildman–Crippen LogP) is -0.395. The van der Waals surface area contributed by atoms with Crippen LogP contribution in [0.5, 0.6) is 0 Å². The number of benzene rings is 1.